The van der Waals surface area contributed by atoms with Crippen LogP contribution < -0.4 is 0 Å². The Morgan fingerprint density at radius 3 is 1.62 bits per heavy atom. The van der Waals surface area contributed by atoms with Gasteiger partial charge in [-0.05, 0) is 51.4 Å². The molecule has 2 rings (SSSR count). The van der Waals surface area contributed by atoms with Gasteiger partial charge in [-0.2, -0.15) is 0 Å². The Morgan fingerprint density at radius 2 is 1.25 bits per heavy atom. The maximum absolute atomic E-state index is 13.2. The van der Waals surface area contributed by atoms with E-state index >= 15 is 0 Å². The first kappa shape index (κ1) is 12.0. The van der Waals surface area contributed by atoms with E-state index in [2.05, 4.69) is 0 Å². The molecule has 2 aliphatic carbocycles. The number of rotatable bonds is 2. The molecule has 0 N–H and O–H groups in total. The number of ketones is 1. The Kier molecular flexibility index (Phi) is 3.93. The Balaban J connectivity index is 1.90. The van der Waals surface area contributed by atoms with Crippen molar-refractivity contribution in [1.82, 2.24) is 0 Å². The van der Waals surface area contributed by atoms with Crippen LogP contribution in [0.15, 0.2) is 0 Å². The monoisotopic (exact) mass is 230 g/mol. The highest BCUT2D eigenvalue weighted by Gasteiger charge is 2.34. The molecule has 1 nitrogen and oxygen atoms in total. The van der Waals surface area contributed by atoms with Crippen LogP contribution in [0, 0.1) is 11.8 Å². The molecule has 4 atom stereocenters. The molecule has 0 saturated heterocycles. The highest BCUT2D eigenvalue weighted by Crippen LogP contribution is 2.34. The Bertz CT molecular complexity index is 230. The Morgan fingerprint density at radius 1 is 0.812 bits per heavy atom. The van der Waals surface area contributed by atoms with Gasteiger partial charge >= 0.3 is 0 Å². The predicted molar refractivity (Wildman–Crippen MR) is 58.7 cm³/mol. The lowest BCUT2D eigenvalue weighted by Gasteiger charge is -2.30. The number of Topliss-reactive ketones (excluding diaryl/α,β-unsaturated/α-hetero) is 1. The smallest absolute Gasteiger partial charge is 0.139 e. The quantitative estimate of drug-likeness (QED) is 0.708. The second-order valence-corrected chi connectivity index (χ2v) is 5.32. The van der Waals surface area contributed by atoms with Gasteiger partial charge in [-0.3, -0.25) is 4.79 Å². The molecule has 4 unspecified atom stereocenters. The van der Waals surface area contributed by atoms with Crippen LogP contribution in [0.4, 0.5) is 8.78 Å². The molecule has 0 aliphatic heterocycles. The van der Waals surface area contributed by atoms with Gasteiger partial charge in [-0.25, -0.2) is 8.78 Å². The summed E-state index contributed by atoms with van der Waals surface area (Å²) in [5, 5.41) is 0. The van der Waals surface area contributed by atoms with Gasteiger partial charge in [-0.1, -0.05) is 0 Å². The summed E-state index contributed by atoms with van der Waals surface area (Å²) < 4.78 is 26.4. The summed E-state index contributed by atoms with van der Waals surface area (Å²) in [6, 6.07) is 0. The van der Waals surface area contributed by atoms with Gasteiger partial charge in [0.25, 0.3) is 0 Å². The fraction of sp³-hybridized carbons (Fsp3) is 0.923. The van der Waals surface area contributed by atoms with Crippen LogP contribution in [0.1, 0.15) is 51.4 Å². The molecule has 92 valence electrons. The molecule has 0 radical (unpaired) electrons. The molecule has 0 aromatic heterocycles. The zero-order valence-electron chi connectivity index (χ0n) is 9.63. The molecule has 0 aromatic carbocycles. The normalized spacial score (nSPS) is 40.6. The van der Waals surface area contributed by atoms with Crippen LogP contribution in [0.5, 0.6) is 0 Å². The Hall–Kier alpha value is -0.470. The van der Waals surface area contributed by atoms with Crippen LogP contribution in [-0.2, 0) is 4.79 Å². The van der Waals surface area contributed by atoms with Gasteiger partial charge in [0, 0.05) is 11.8 Å². The van der Waals surface area contributed by atoms with Crippen molar-refractivity contribution >= 4 is 5.78 Å². The summed E-state index contributed by atoms with van der Waals surface area (Å²) in [5.74, 6) is -0.109. The summed E-state index contributed by atoms with van der Waals surface area (Å²) in [6.45, 7) is 0. The summed E-state index contributed by atoms with van der Waals surface area (Å²) >= 11 is 0. The topological polar surface area (TPSA) is 17.1 Å². The lowest BCUT2D eigenvalue weighted by Crippen LogP contribution is -2.32. The van der Waals surface area contributed by atoms with Crippen molar-refractivity contribution in [3.8, 4) is 0 Å². The molecule has 0 spiro atoms. The lowest BCUT2D eigenvalue weighted by atomic mass is 9.76. The summed E-state index contributed by atoms with van der Waals surface area (Å²) in [6.07, 6.45) is 3.57. The standard InChI is InChI=1S/C13H20F2O/c14-11-5-1-3-9(7-11)13(16)10-4-2-6-12(15)8-10/h9-12H,1-8H2. The third-order valence-electron chi connectivity index (χ3n) is 4.03. The number of hydrogen-bond acceptors (Lipinski definition) is 1. The van der Waals surface area contributed by atoms with E-state index in [9.17, 15) is 13.6 Å². The minimum absolute atomic E-state index is 0.126. The lowest BCUT2D eigenvalue weighted by molar-refractivity contribution is -0.130. The molecule has 2 fully saturated rings. The van der Waals surface area contributed by atoms with Crippen LogP contribution in [0.25, 0.3) is 0 Å². The maximum atomic E-state index is 13.2. The van der Waals surface area contributed by atoms with Crippen molar-refractivity contribution < 1.29 is 13.6 Å². The highest BCUT2D eigenvalue weighted by molar-refractivity contribution is 5.83. The number of hydrogen-bond donors (Lipinski definition) is 0. The van der Waals surface area contributed by atoms with E-state index in [0.29, 0.717) is 25.7 Å². The van der Waals surface area contributed by atoms with E-state index in [0.717, 1.165) is 25.7 Å². The van der Waals surface area contributed by atoms with Crippen molar-refractivity contribution in [3.05, 3.63) is 0 Å². The average Bonchev–Trinajstić information content (AvgIpc) is 2.28. The van der Waals surface area contributed by atoms with Gasteiger partial charge in [0.15, 0.2) is 0 Å². The van der Waals surface area contributed by atoms with E-state index < -0.39 is 12.3 Å². The van der Waals surface area contributed by atoms with Crippen LogP contribution in [0.3, 0.4) is 0 Å². The third kappa shape index (κ3) is 2.80. The van der Waals surface area contributed by atoms with E-state index in [4.69, 9.17) is 0 Å². The Labute approximate surface area is 95.6 Å². The zero-order chi connectivity index (χ0) is 11.5. The van der Waals surface area contributed by atoms with Crippen molar-refractivity contribution in [2.75, 3.05) is 0 Å². The van der Waals surface area contributed by atoms with Gasteiger partial charge in [-0.15, -0.1) is 0 Å². The van der Waals surface area contributed by atoms with Crippen LogP contribution in [-0.4, -0.2) is 18.1 Å². The van der Waals surface area contributed by atoms with Crippen molar-refractivity contribution in [2.24, 2.45) is 11.8 Å². The minimum Gasteiger partial charge on any atom is -0.299 e. The van der Waals surface area contributed by atoms with Crippen molar-refractivity contribution in [2.45, 2.75) is 63.7 Å². The third-order valence-corrected chi connectivity index (χ3v) is 4.03. The molecule has 0 amide bonds. The van der Waals surface area contributed by atoms with E-state index in [1.165, 1.54) is 0 Å². The van der Waals surface area contributed by atoms with Crippen molar-refractivity contribution in [1.29, 1.82) is 0 Å². The molecule has 3 heteroatoms. The summed E-state index contributed by atoms with van der Waals surface area (Å²) in [4.78, 5) is 12.1. The molecule has 2 saturated carbocycles. The average molecular weight is 230 g/mol. The largest absolute Gasteiger partial charge is 0.299 e. The van der Waals surface area contributed by atoms with Gasteiger partial charge in [0.2, 0.25) is 0 Å². The second kappa shape index (κ2) is 5.24. The number of carbonyl (C=O) groups is 1. The van der Waals surface area contributed by atoms with E-state index in [-0.39, 0.29) is 17.6 Å². The molecular formula is C13H20F2O. The van der Waals surface area contributed by atoms with E-state index in [1.807, 2.05) is 0 Å². The van der Waals surface area contributed by atoms with Gasteiger partial charge in [0.05, 0.1) is 0 Å². The van der Waals surface area contributed by atoms with Crippen molar-refractivity contribution in [3.63, 3.8) is 0 Å². The number of alkyl halides is 2. The highest BCUT2D eigenvalue weighted by atomic mass is 19.1. The number of halogens is 2. The zero-order valence-corrected chi connectivity index (χ0v) is 9.63. The molecular weight excluding hydrogens is 210 g/mol. The van der Waals surface area contributed by atoms with Crippen LogP contribution in [0.2, 0.25) is 0 Å². The van der Waals surface area contributed by atoms with Crippen LogP contribution >= 0.6 is 0 Å². The molecule has 0 aromatic rings. The summed E-state index contributed by atoms with van der Waals surface area (Å²) in [5.41, 5.74) is 0. The maximum Gasteiger partial charge on any atom is 0.139 e. The van der Waals surface area contributed by atoms with Gasteiger partial charge in [0.1, 0.15) is 18.1 Å². The predicted octanol–water partition coefficient (Wildman–Crippen LogP) is 3.61. The van der Waals surface area contributed by atoms with E-state index in [1.54, 1.807) is 0 Å². The fourth-order valence-corrected chi connectivity index (χ4v) is 3.11. The van der Waals surface area contributed by atoms with Gasteiger partial charge < -0.3 is 0 Å². The SMILES string of the molecule is O=C(C1CCCC(F)C1)C1CCCC(F)C1. The molecule has 0 bridgehead atoms. The minimum atomic E-state index is -0.813. The first-order chi connectivity index (χ1) is 7.66. The molecule has 16 heavy (non-hydrogen) atoms. The molecule has 0 heterocycles. The fourth-order valence-electron chi connectivity index (χ4n) is 3.11. The molecule has 2 aliphatic rings. The second-order valence-electron chi connectivity index (χ2n) is 5.32. The first-order valence-corrected chi connectivity index (χ1v) is 6.48. The number of carbonyl (C=O) groups excluding carboxylic acids is 1. The summed E-state index contributed by atoms with van der Waals surface area (Å²) in [7, 11) is 0. The first-order valence-electron chi connectivity index (χ1n) is 6.48.